The molecule has 1 aliphatic rings. The highest BCUT2D eigenvalue weighted by Gasteiger charge is 2.29. The van der Waals surface area contributed by atoms with Gasteiger partial charge in [0.2, 0.25) is 0 Å². The van der Waals surface area contributed by atoms with E-state index >= 15 is 0 Å². The Kier molecular flexibility index (Phi) is 4.54. The second kappa shape index (κ2) is 5.94. The maximum Gasteiger partial charge on any atom is 0.151 e. The molecule has 0 aromatic heterocycles. The number of carbonyl (C=O) groups excluding carboxylic acids is 1. The summed E-state index contributed by atoms with van der Waals surface area (Å²) in [5.74, 6) is 0.329. The number of hydrogen-bond acceptors (Lipinski definition) is 4. The average Bonchev–Trinajstić information content (AvgIpc) is 2.45. The SMILES string of the molecule is O=C1[CH]CN(S)CC(Cc2ccccc2)C1S. The van der Waals surface area contributed by atoms with Crippen LogP contribution in [-0.2, 0) is 11.2 Å². The molecule has 1 radical (unpaired) electrons. The number of carbonyl (C=O) groups is 1. The zero-order chi connectivity index (χ0) is 12.3. The Morgan fingerprint density at radius 1 is 1.29 bits per heavy atom. The van der Waals surface area contributed by atoms with Gasteiger partial charge in [0.25, 0.3) is 0 Å². The van der Waals surface area contributed by atoms with Gasteiger partial charge in [0.15, 0.2) is 5.78 Å². The Labute approximate surface area is 113 Å². The summed E-state index contributed by atoms with van der Waals surface area (Å²) in [4.78, 5) is 11.8. The summed E-state index contributed by atoms with van der Waals surface area (Å²) in [5, 5.41) is -0.215. The number of rotatable bonds is 2. The predicted octanol–water partition coefficient (Wildman–Crippen LogP) is 2.08. The largest absolute Gasteiger partial charge is 0.298 e. The summed E-state index contributed by atoms with van der Waals surface area (Å²) in [5.41, 5.74) is 1.24. The second-order valence-corrected chi connectivity index (χ2v) is 5.49. The highest BCUT2D eigenvalue weighted by Crippen LogP contribution is 2.23. The van der Waals surface area contributed by atoms with Gasteiger partial charge in [0.05, 0.1) is 5.25 Å². The third-order valence-corrected chi connectivity index (χ3v) is 4.03. The van der Waals surface area contributed by atoms with Crippen molar-refractivity contribution in [2.24, 2.45) is 5.92 Å². The molecule has 0 bridgehead atoms. The van der Waals surface area contributed by atoms with Gasteiger partial charge >= 0.3 is 0 Å². The van der Waals surface area contributed by atoms with Gasteiger partial charge in [-0.15, -0.1) is 0 Å². The first kappa shape index (κ1) is 13.0. The smallest absolute Gasteiger partial charge is 0.151 e. The highest BCUT2D eigenvalue weighted by atomic mass is 32.1. The van der Waals surface area contributed by atoms with Crippen LogP contribution in [0.25, 0.3) is 0 Å². The van der Waals surface area contributed by atoms with Gasteiger partial charge in [-0.25, -0.2) is 0 Å². The first-order chi connectivity index (χ1) is 8.16. The zero-order valence-electron chi connectivity index (χ0n) is 9.49. The summed E-state index contributed by atoms with van der Waals surface area (Å²) >= 11 is 8.80. The molecule has 0 aliphatic carbocycles. The molecule has 2 atom stereocenters. The van der Waals surface area contributed by atoms with Crippen LogP contribution in [0.3, 0.4) is 0 Å². The molecular formula is C13H16NOS2. The molecule has 91 valence electrons. The van der Waals surface area contributed by atoms with E-state index in [1.807, 2.05) is 22.5 Å². The van der Waals surface area contributed by atoms with Crippen molar-refractivity contribution in [3.63, 3.8) is 0 Å². The van der Waals surface area contributed by atoms with E-state index < -0.39 is 0 Å². The number of thiol groups is 2. The van der Waals surface area contributed by atoms with Gasteiger partial charge in [-0.05, 0) is 17.9 Å². The van der Waals surface area contributed by atoms with Crippen molar-refractivity contribution in [3.05, 3.63) is 42.3 Å². The van der Waals surface area contributed by atoms with Crippen LogP contribution in [0.4, 0.5) is 0 Å². The molecule has 2 rings (SSSR count). The Morgan fingerprint density at radius 2 is 2.00 bits per heavy atom. The van der Waals surface area contributed by atoms with Gasteiger partial charge < -0.3 is 0 Å². The Bertz CT molecular complexity index is 382. The lowest BCUT2D eigenvalue weighted by Crippen LogP contribution is -2.29. The van der Waals surface area contributed by atoms with E-state index in [1.54, 1.807) is 6.42 Å². The molecule has 0 spiro atoms. The quantitative estimate of drug-likeness (QED) is 0.799. The van der Waals surface area contributed by atoms with Crippen molar-refractivity contribution >= 4 is 31.2 Å². The van der Waals surface area contributed by atoms with Crippen molar-refractivity contribution in [2.75, 3.05) is 13.1 Å². The first-order valence-corrected chi connectivity index (χ1v) is 6.61. The average molecular weight is 266 g/mol. The Morgan fingerprint density at radius 3 is 2.71 bits per heavy atom. The third kappa shape index (κ3) is 3.50. The molecule has 1 fully saturated rings. The fraction of sp³-hybridized carbons (Fsp3) is 0.385. The van der Waals surface area contributed by atoms with E-state index in [0.29, 0.717) is 6.54 Å². The lowest BCUT2D eigenvalue weighted by molar-refractivity contribution is -0.115. The monoisotopic (exact) mass is 266 g/mol. The normalized spacial score (nSPS) is 26.8. The van der Waals surface area contributed by atoms with Crippen LogP contribution in [-0.4, -0.2) is 28.4 Å². The molecule has 1 saturated heterocycles. The molecule has 2 nitrogen and oxygen atoms in total. The number of ketones is 1. The summed E-state index contributed by atoms with van der Waals surface area (Å²) in [7, 11) is 0. The number of Topliss-reactive ketones (excluding diaryl/α,β-unsaturated/α-hetero) is 1. The predicted molar refractivity (Wildman–Crippen MR) is 76.3 cm³/mol. The minimum Gasteiger partial charge on any atom is -0.298 e. The van der Waals surface area contributed by atoms with E-state index in [9.17, 15) is 4.79 Å². The highest BCUT2D eigenvalue weighted by molar-refractivity contribution is 7.81. The fourth-order valence-corrected chi connectivity index (χ4v) is 2.68. The molecular weight excluding hydrogens is 250 g/mol. The number of hydrogen-bond donors (Lipinski definition) is 2. The van der Waals surface area contributed by atoms with Crippen LogP contribution < -0.4 is 0 Å². The van der Waals surface area contributed by atoms with Crippen molar-refractivity contribution < 1.29 is 4.79 Å². The van der Waals surface area contributed by atoms with E-state index in [2.05, 4.69) is 37.6 Å². The van der Waals surface area contributed by atoms with Crippen molar-refractivity contribution in [2.45, 2.75) is 11.7 Å². The van der Waals surface area contributed by atoms with Gasteiger partial charge in [-0.2, -0.15) is 12.6 Å². The van der Waals surface area contributed by atoms with Gasteiger partial charge in [-0.3, -0.25) is 9.10 Å². The van der Waals surface area contributed by atoms with Gasteiger partial charge in [-0.1, -0.05) is 43.1 Å². The maximum atomic E-state index is 11.8. The van der Waals surface area contributed by atoms with E-state index in [-0.39, 0.29) is 17.0 Å². The first-order valence-electron chi connectivity index (χ1n) is 5.69. The van der Waals surface area contributed by atoms with E-state index in [1.165, 1.54) is 5.56 Å². The topological polar surface area (TPSA) is 20.3 Å². The van der Waals surface area contributed by atoms with Crippen LogP contribution in [0.5, 0.6) is 0 Å². The molecule has 1 heterocycles. The lowest BCUT2D eigenvalue weighted by atomic mass is 9.94. The van der Waals surface area contributed by atoms with E-state index in [0.717, 1.165) is 13.0 Å². The molecule has 0 N–H and O–H groups in total. The molecule has 1 aromatic rings. The lowest BCUT2D eigenvalue weighted by Gasteiger charge is -2.22. The van der Waals surface area contributed by atoms with Crippen LogP contribution in [0.2, 0.25) is 0 Å². The van der Waals surface area contributed by atoms with Crippen molar-refractivity contribution in [3.8, 4) is 0 Å². The summed E-state index contributed by atoms with van der Waals surface area (Å²) < 4.78 is 1.88. The summed E-state index contributed by atoms with van der Waals surface area (Å²) in [6, 6.07) is 10.2. The van der Waals surface area contributed by atoms with Gasteiger partial charge in [0.1, 0.15) is 0 Å². The molecule has 0 saturated carbocycles. The third-order valence-electron chi connectivity index (χ3n) is 3.03. The van der Waals surface area contributed by atoms with Crippen LogP contribution in [0.15, 0.2) is 30.3 Å². The minimum atomic E-state index is -0.215. The second-order valence-electron chi connectivity index (χ2n) is 4.37. The van der Waals surface area contributed by atoms with Crippen molar-refractivity contribution in [1.29, 1.82) is 0 Å². The van der Waals surface area contributed by atoms with E-state index in [4.69, 9.17) is 0 Å². The summed E-state index contributed by atoms with van der Waals surface area (Å²) in [6.07, 6.45) is 2.54. The molecule has 0 amide bonds. The van der Waals surface area contributed by atoms with Crippen molar-refractivity contribution in [1.82, 2.24) is 4.31 Å². The van der Waals surface area contributed by atoms with Gasteiger partial charge in [0, 0.05) is 19.5 Å². The minimum absolute atomic E-state index is 0.116. The zero-order valence-corrected chi connectivity index (χ0v) is 11.3. The van der Waals surface area contributed by atoms with Crippen LogP contribution in [0.1, 0.15) is 5.56 Å². The molecule has 2 unspecified atom stereocenters. The summed E-state index contributed by atoms with van der Waals surface area (Å²) in [6.45, 7) is 1.39. The van der Waals surface area contributed by atoms with Crippen LogP contribution >= 0.6 is 25.4 Å². The standard InChI is InChI=1S/C13H16NOS2/c15-12-6-7-14(17)9-11(13(12)16)8-10-4-2-1-3-5-10/h1-6,11,13,16-17H,7-9H2. The Hall–Kier alpha value is -0.450. The number of benzene rings is 1. The molecule has 17 heavy (non-hydrogen) atoms. The molecule has 1 aliphatic heterocycles. The Balaban J connectivity index is 2.09. The molecule has 1 aromatic carbocycles. The fourth-order valence-electron chi connectivity index (χ4n) is 2.09. The molecule has 4 heteroatoms. The maximum absolute atomic E-state index is 11.8. The number of nitrogens with zero attached hydrogens (tertiary/aromatic N) is 1. The van der Waals surface area contributed by atoms with Crippen LogP contribution in [0, 0.1) is 12.3 Å².